The number of fused-ring (bicyclic) bond motifs is 2. The molecule has 0 aromatic heterocycles. The molecule has 0 saturated heterocycles. The van der Waals surface area contributed by atoms with Crippen molar-refractivity contribution in [2.24, 2.45) is 5.41 Å². The topological polar surface area (TPSA) is 67.9 Å². The molecule has 3 aromatic rings. The molecule has 1 atom stereocenters. The van der Waals surface area contributed by atoms with Gasteiger partial charge in [-0.3, -0.25) is 14.5 Å². The van der Waals surface area contributed by atoms with E-state index in [4.69, 9.17) is 9.47 Å². The highest BCUT2D eigenvalue weighted by Gasteiger charge is 2.43. The van der Waals surface area contributed by atoms with E-state index in [2.05, 4.69) is 19.2 Å². The maximum atomic E-state index is 14.2. The van der Waals surface area contributed by atoms with Gasteiger partial charge in [-0.25, -0.2) is 0 Å². The van der Waals surface area contributed by atoms with Gasteiger partial charge in [-0.1, -0.05) is 56.3 Å². The molecule has 6 heteroatoms. The third kappa shape index (κ3) is 3.66. The fourth-order valence-corrected chi connectivity index (χ4v) is 5.33. The first-order chi connectivity index (χ1) is 16.9. The van der Waals surface area contributed by atoms with E-state index in [1.807, 2.05) is 60.7 Å². The van der Waals surface area contributed by atoms with E-state index in [0.29, 0.717) is 35.6 Å². The van der Waals surface area contributed by atoms with Crippen LogP contribution in [0.3, 0.4) is 0 Å². The molecule has 0 bridgehead atoms. The number of carbonyl (C=O) groups excluding carboxylic acids is 2. The highest BCUT2D eigenvalue weighted by atomic mass is 16.7. The van der Waals surface area contributed by atoms with Crippen LogP contribution in [-0.2, 0) is 4.79 Å². The van der Waals surface area contributed by atoms with Crippen molar-refractivity contribution < 1.29 is 19.1 Å². The maximum Gasteiger partial charge on any atom is 0.259 e. The fraction of sp³-hybridized carbons (Fsp3) is 0.241. The summed E-state index contributed by atoms with van der Waals surface area (Å²) in [6.07, 6.45) is 1.03. The lowest BCUT2D eigenvalue weighted by Gasteiger charge is -2.38. The molecule has 0 saturated carbocycles. The Labute approximate surface area is 204 Å². The smallest absolute Gasteiger partial charge is 0.259 e. The summed E-state index contributed by atoms with van der Waals surface area (Å²) in [4.78, 5) is 29.6. The second kappa shape index (κ2) is 8.01. The summed E-state index contributed by atoms with van der Waals surface area (Å²) in [6.45, 7) is 4.34. The van der Waals surface area contributed by atoms with Crippen molar-refractivity contribution >= 4 is 17.4 Å². The lowest BCUT2D eigenvalue weighted by Crippen LogP contribution is -2.41. The minimum atomic E-state index is -0.529. The summed E-state index contributed by atoms with van der Waals surface area (Å²) < 4.78 is 11.2. The van der Waals surface area contributed by atoms with E-state index in [-0.39, 0.29) is 23.9 Å². The predicted molar refractivity (Wildman–Crippen MR) is 132 cm³/mol. The predicted octanol–water partition coefficient (Wildman–Crippen LogP) is 5.67. The third-order valence-electron chi connectivity index (χ3n) is 6.84. The molecule has 1 amide bonds. The molecule has 1 unspecified atom stereocenters. The summed E-state index contributed by atoms with van der Waals surface area (Å²) in [5, 5.41) is 3.54. The average molecular weight is 467 g/mol. The number of carbonyl (C=O) groups is 2. The molecule has 176 valence electrons. The van der Waals surface area contributed by atoms with Crippen LogP contribution in [0.15, 0.2) is 84.2 Å². The molecule has 6 nitrogen and oxygen atoms in total. The number of nitrogens with one attached hydrogen (secondary N) is 1. The van der Waals surface area contributed by atoms with Crippen molar-refractivity contribution in [3.05, 3.63) is 101 Å². The van der Waals surface area contributed by atoms with Crippen molar-refractivity contribution in [1.29, 1.82) is 0 Å². The van der Waals surface area contributed by atoms with Crippen molar-refractivity contribution in [1.82, 2.24) is 4.90 Å². The van der Waals surface area contributed by atoms with Crippen LogP contribution in [0.4, 0.5) is 5.69 Å². The van der Waals surface area contributed by atoms with Crippen LogP contribution in [-0.4, -0.2) is 23.4 Å². The van der Waals surface area contributed by atoms with Crippen molar-refractivity contribution in [2.75, 3.05) is 12.1 Å². The van der Waals surface area contributed by atoms with Gasteiger partial charge in [-0.05, 0) is 47.7 Å². The van der Waals surface area contributed by atoms with Gasteiger partial charge in [0.15, 0.2) is 17.3 Å². The minimum Gasteiger partial charge on any atom is -0.454 e. The number of benzene rings is 3. The Morgan fingerprint density at radius 1 is 0.943 bits per heavy atom. The van der Waals surface area contributed by atoms with Gasteiger partial charge in [0, 0.05) is 28.9 Å². The lowest BCUT2D eigenvalue weighted by atomic mass is 9.77. The summed E-state index contributed by atoms with van der Waals surface area (Å²) in [5.74, 6) is 1.05. The van der Waals surface area contributed by atoms with Crippen molar-refractivity contribution in [3.8, 4) is 11.5 Å². The van der Waals surface area contributed by atoms with Crippen LogP contribution in [0.25, 0.3) is 0 Å². The van der Waals surface area contributed by atoms with Crippen LogP contribution in [0.5, 0.6) is 11.5 Å². The number of para-hydroxylation sites is 1. The quantitative estimate of drug-likeness (QED) is 0.527. The van der Waals surface area contributed by atoms with E-state index in [9.17, 15) is 9.59 Å². The summed E-state index contributed by atoms with van der Waals surface area (Å²) in [7, 11) is 0. The van der Waals surface area contributed by atoms with Crippen molar-refractivity contribution in [3.63, 3.8) is 0 Å². The molecule has 1 aliphatic carbocycles. The summed E-state index contributed by atoms with van der Waals surface area (Å²) in [6, 6.07) is 22.3. The third-order valence-corrected chi connectivity index (χ3v) is 6.84. The number of hydrogen-bond donors (Lipinski definition) is 1. The van der Waals surface area contributed by atoms with Crippen LogP contribution < -0.4 is 14.8 Å². The second-order valence-corrected chi connectivity index (χ2v) is 10.0. The number of Topliss-reactive ketones (excluding diaryl/α,β-unsaturated/α-hetero) is 1. The SMILES string of the molecule is CC1(C)CC(=O)C2=C(C1)Nc1ccccc1C(c1ccc3c(c1)OCO3)N2C(=O)c1ccccc1. The molecule has 0 spiro atoms. The Balaban J connectivity index is 1.62. The van der Waals surface area contributed by atoms with Crippen molar-refractivity contribution in [2.45, 2.75) is 32.7 Å². The van der Waals surface area contributed by atoms with Gasteiger partial charge in [0.1, 0.15) is 5.70 Å². The molecule has 3 aromatic carbocycles. The van der Waals surface area contributed by atoms with E-state index in [1.165, 1.54) is 0 Å². The van der Waals surface area contributed by atoms with Gasteiger partial charge >= 0.3 is 0 Å². The molecule has 0 radical (unpaired) electrons. The van der Waals surface area contributed by atoms with Gasteiger partial charge in [-0.2, -0.15) is 0 Å². The lowest BCUT2D eigenvalue weighted by molar-refractivity contribution is -0.119. The fourth-order valence-electron chi connectivity index (χ4n) is 5.33. The number of hydrogen-bond acceptors (Lipinski definition) is 5. The molecule has 3 aliphatic rings. The molecule has 6 rings (SSSR count). The molecular weight excluding hydrogens is 440 g/mol. The Morgan fingerprint density at radius 2 is 1.69 bits per heavy atom. The molecule has 1 N–H and O–H groups in total. The number of anilines is 1. The Morgan fingerprint density at radius 3 is 2.51 bits per heavy atom. The van der Waals surface area contributed by atoms with Crippen LogP contribution in [0.2, 0.25) is 0 Å². The maximum absolute atomic E-state index is 14.2. The van der Waals surface area contributed by atoms with E-state index < -0.39 is 6.04 Å². The van der Waals surface area contributed by atoms with Gasteiger partial charge in [0.05, 0.1) is 6.04 Å². The highest BCUT2D eigenvalue weighted by molar-refractivity contribution is 6.06. The zero-order chi connectivity index (χ0) is 24.2. The number of amides is 1. The van der Waals surface area contributed by atoms with Crippen LogP contribution in [0.1, 0.15) is 54.2 Å². The van der Waals surface area contributed by atoms with Crippen LogP contribution >= 0.6 is 0 Å². The number of nitrogens with zero attached hydrogens (tertiary/aromatic N) is 1. The number of ketones is 1. The molecule has 2 heterocycles. The molecular formula is C29H26N2O4. The number of ether oxygens (including phenoxy) is 2. The van der Waals surface area contributed by atoms with Gasteiger partial charge < -0.3 is 14.8 Å². The molecule has 0 fully saturated rings. The van der Waals surface area contributed by atoms with E-state index >= 15 is 0 Å². The largest absolute Gasteiger partial charge is 0.454 e. The second-order valence-electron chi connectivity index (χ2n) is 10.0. The van der Waals surface area contributed by atoms with E-state index in [1.54, 1.807) is 17.0 Å². The molecule has 2 aliphatic heterocycles. The van der Waals surface area contributed by atoms with E-state index in [0.717, 1.165) is 22.5 Å². The highest BCUT2D eigenvalue weighted by Crippen LogP contribution is 2.47. The Hall–Kier alpha value is -4.06. The summed E-state index contributed by atoms with van der Waals surface area (Å²) >= 11 is 0. The monoisotopic (exact) mass is 466 g/mol. The number of allylic oxidation sites excluding steroid dienone is 2. The Kier molecular flexibility index (Phi) is 4.92. The first-order valence-corrected chi connectivity index (χ1v) is 11.8. The van der Waals surface area contributed by atoms with Gasteiger partial charge in [0.2, 0.25) is 6.79 Å². The van der Waals surface area contributed by atoms with Gasteiger partial charge in [0.25, 0.3) is 5.91 Å². The first kappa shape index (κ1) is 21.5. The average Bonchev–Trinajstić information content (AvgIpc) is 3.26. The normalized spacial score (nSPS) is 20.0. The summed E-state index contributed by atoms with van der Waals surface area (Å²) in [5.41, 5.74) is 4.19. The van der Waals surface area contributed by atoms with Gasteiger partial charge in [-0.15, -0.1) is 0 Å². The molecule has 35 heavy (non-hydrogen) atoms. The Bertz CT molecular complexity index is 1380. The minimum absolute atomic E-state index is 0.0356. The number of rotatable bonds is 2. The standard InChI is InChI=1S/C29H26N2O4/c1-29(2)15-22-27(23(32)16-29)31(28(33)18-8-4-3-5-9-18)26(20-10-6-7-11-21(20)30-22)19-12-13-24-25(14-19)35-17-34-24/h3-14,26,30H,15-17H2,1-2H3. The van der Waals surface area contributed by atoms with Crippen LogP contribution in [0, 0.1) is 5.41 Å². The first-order valence-electron chi connectivity index (χ1n) is 11.8. The zero-order valence-electron chi connectivity index (χ0n) is 19.7. The zero-order valence-corrected chi connectivity index (χ0v) is 19.7.